The number of H-pyrrole nitrogens is 1. The van der Waals surface area contributed by atoms with Gasteiger partial charge < -0.3 is 10.2 Å². The summed E-state index contributed by atoms with van der Waals surface area (Å²) in [4.78, 5) is 28.1. The van der Waals surface area contributed by atoms with Crippen LogP contribution in [-0.4, -0.2) is 60.6 Å². The molecule has 1 fully saturated rings. The zero-order valence-electron chi connectivity index (χ0n) is 13.4. The number of anilines is 1. The van der Waals surface area contributed by atoms with Gasteiger partial charge in [-0.1, -0.05) is 12.1 Å². The Morgan fingerprint density at radius 3 is 3.00 bits per heavy atom. The van der Waals surface area contributed by atoms with Crippen molar-refractivity contribution in [3.8, 4) is 0 Å². The number of aromatic nitrogens is 2. The molecule has 0 saturated carbocycles. The van der Waals surface area contributed by atoms with Gasteiger partial charge in [-0.15, -0.1) is 0 Å². The third-order valence-electron chi connectivity index (χ3n) is 4.06. The van der Waals surface area contributed by atoms with E-state index >= 15 is 0 Å². The van der Waals surface area contributed by atoms with Crippen molar-refractivity contribution in [2.45, 2.75) is 6.42 Å². The highest BCUT2D eigenvalue weighted by Crippen LogP contribution is 2.29. The van der Waals surface area contributed by atoms with Gasteiger partial charge in [0.1, 0.15) is 0 Å². The smallest absolute Gasteiger partial charge is 0.229 e. The van der Waals surface area contributed by atoms with Gasteiger partial charge in [0, 0.05) is 31.4 Å². The third kappa shape index (κ3) is 3.19. The van der Waals surface area contributed by atoms with E-state index < -0.39 is 0 Å². The number of carbonyl (C=O) groups is 2. The van der Waals surface area contributed by atoms with E-state index in [4.69, 9.17) is 0 Å². The van der Waals surface area contributed by atoms with Crippen LogP contribution in [0.4, 0.5) is 5.82 Å². The van der Waals surface area contributed by atoms with Gasteiger partial charge in [0.15, 0.2) is 5.82 Å². The van der Waals surface area contributed by atoms with Gasteiger partial charge in [-0.05, 0) is 26.2 Å². The molecule has 1 aromatic carbocycles. The number of likely N-dealkylation sites (N-methyl/N-ethyl adjacent to an activating group) is 1. The lowest BCUT2D eigenvalue weighted by Gasteiger charge is -2.15. The molecule has 1 atom stereocenters. The van der Waals surface area contributed by atoms with E-state index in [1.807, 2.05) is 43.3 Å². The van der Waals surface area contributed by atoms with Crippen molar-refractivity contribution in [1.82, 2.24) is 20.4 Å². The van der Waals surface area contributed by atoms with E-state index in [9.17, 15) is 9.59 Å². The van der Waals surface area contributed by atoms with Gasteiger partial charge in [0.05, 0.1) is 11.4 Å². The fourth-order valence-corrected chi connectivity index (χ4v) is 2.79. The number of nitrogens with one attached hydrogen (secondary N) is 2. The number of rotatable bonds is 5. The van der Waals surface area contributed by atoms with Crippen molar-refractivity contribution in [2.75, 3.05) is 38.6 Å². The van der Waals surface area contributed by atoms with E-state index in [-0.39, 0.29) is 24.2 Å². The maximum atomic E-state index is 12.3. The van der Waals surface area contributed by atoms with Crippen molar-refractivity contribution < 1.29 is 9.59 Å². The van der Waals surface area contributed by atoms with Gasteiger partial charge in [0.25, 0.3) is 0 Å². The molecule has 23 heavy (non-hydrogen) atoms. The second-order valence-electron chi connectivity index (χ2n) is 6.09. The summed E-state index contributed by atoms with van der Waals surface area (Å²) in [5.74, 6) is 0.159. The quantitative estimate of drug-likeness (QED) is 0.846. The Kier molecular flexibility index (Phi) is 4.29. The van der Waals surface area contributed by atoms with Gasteiger partial charge in [0.2, 0.25) is 11.8 Å². The minimum absolute atomic E-state index is 0.0602. The van der Waals surface area contributed by atoms with Crippen molar-refractivity contribution in [1.29, 1.82) is 0 Å². The topological polar surface area (TPSA) is 81.3 Å². The first kappa shape index (κ1) is 15.5. The van der Waals surface area contributed by atoms with Gasteiger partial charge in [-0.3, -0.25) is 19.6 Å². The Labute approximate surface area is 134 Å². The number of amides is 2. The summed E-state index contributed by atoms with van der Waals surface area (Å²) in [6, 6.07) is 7.66. The fraction of sp³-hybridized carbons (Fsp3) is 0.438. The zero-order chi connectivity index (χ0) is 16.4. The Morgan fingerprint density at radius 1 is 1.43 bits per heavy atom. The number of nitrogens with zero attached hydrogens (tertiary/aromatic N) is 3. The molecule has 1 aliphatic heterocycles. The summed E-state index contributed by atoms with van der Waals surface area (Å²) in [6.45, 7) is 1.74. The predicted molar refractivity (Wildman–Crippen MR) is 88.1 cm³/mol. The molecule has 1 saturated heterocycles. The van der Waals surface area contributed by atoms with Gasteiger partial charge in [-0.25, -0.2) is 0 Å². The van der Waals surface area contributed by atoms with Crippen molar-refractivity contribution in [2.24, 2.45) is 5.92 Å². The number of fused-ring (bicyclic) bond motifs is 1. The Morgan fingerprint density at radius 2 is 2.22 bits per heavy atom. The van der Waals surface area contributed by atoms with E-state index in [0.717, 1.165) is 17.4 Å². The Balaban J connectivity index is 1.69. The van der Waals surface area contributed by atoms with Crippen LogP contribution in [0.2, 0.25) is 0 Å². The molecule has 7 heteroatoms. The lowest BCUT2D eigenvalue weighted by molar-refractivity contribution is -0.126. The molecule has 2 heterocycles. The van der Waals surface area contributed by atoms with E-state index in [1.54, 1.807) is 4.90 Å². The van der Waals surface area contributed by atoms with Crippen LogP contribution in [0.15, 0.2) is 24.3 Å². The number of para-hydroxylation sites is 1. The fourth-order valence-electron chi connectivity index (χ4n) is 2.79. The van der Waals surface area contributed by atoms with Gasteiger partial charge in [-0.2, -0.15) is 5.10 Å². The second-order valence-corrected chi connectivity index (χ2v) is 6.09. The monoisotopic (exact) mass is 315 g/mol. The van der Waals surface area contributed by atoms with E-state index in [0.29, 0.717) is 18.9 Å². The largest absolute Gasteiger partial charge is 0.355 e. The van der Waals surface area contributed by atoms with Crippen LogP contribution in [0, 0.1) is 5.92 Å². The van der Waals surface area contributed by atoms with E-state index in [1.165, 1.54) is 0 Å². The zero-order valence-corrected chi connectivity index (χ0v) is 13.4. The summed E-state index contributed by atoms with van der Waals surface area (Å²) < 4.78 is 0. The maximum absolute atomic E-state index is 12.3. The molecule has 3 rings (SSSR count). The molecule has 1 aromatic heterocycles. The molecule has 0 aliphatic carbocycles. The Hall–Kier alpha value is -2.41. The molecular formula is C16H21N5O2. The van der Waals surface area contributed by atoms with Crippen molar-refractivity contribution in [3.63, 3.8) is 0 Å². The van der Waals surface area contributed by atoms with Crippen LogP contribution < -0.4 is 10.2 Å². The highest BCUT2D eigenvalue weighted by molar-refractivity contribution is 6.05. The number of carbonyl (C=O) groups excluding carboxylic acids is 2. The molecule has 0 bridgehead atoms. The predicted octanol–water partition coefficient (Wildman–Crippen LogP) is 0.594. The van der Waals surface area contributed by atoms with Crippen molar-refractivity contribution in [3.05, 3.63) is 24.3 Å². The van der Waals surface area contributed by atoms with Crippen molar-refractivity contribution >= 4 is 28.5 Å². The lowest BCUT2D eigenvalue weighted by Crippen LogP contribution is -2.36. The van der Waals surface area contributed by atoms with Crippen LogP contribution in [0.25, 0.3) is 10.9 Å². The summed E-state index contributed by atoms with van der Waals surface area (Å²) in [6.07, 6.45) is 0.231. The van der Waals surface area contributed by atoms with Crippen LogP contribution in [0.1, 0.15) is 6.42 Å². The molecule has 7 nitrogen and oxygen atoms in total. The number of hydrogen-bond donors (Lipinski definition) is 2. The van der Waals surface area contributed by atoms with Gasteiger partial charge >= 0.3 is 0 Å². The molecule has 122 valence electrons. The molecular weight excluding hydrogens is 294 g/mol. The second kappa shape index (κ2) is 6.37. The van der Waals surface area contributed by atoms with Crippen LogP contribution in [0.3, 0.4) is 0 Å². The summed E-state index contributed by atoms with van der Waals surface area (Å²) in [7, 11) is 3.91. The van der Waals surface area contributed by atoms with E-state index in [2.05, 4.69) is 15.5 Å². The minimum atomic E-state index is -0.319. The van der Waals surface area contributed by atoms with Crippen LogP contribution in [-0.2, 0) is 9.59 Å². The summed E-state index contributed by atoms with van der Waals surface area (Å²) in [5, 5.41) is 11.0. The average molecular weight is 315 g/mol. The van der Waals surface area contributed by atoms with Crippen LogP contribution >= 0.6 is 0 Å². The molecule has 1 aliphatic rings. The first-order valence-corrected chi connectivity index (χ1v) is 7.72. The summed E-state index contributed by atoms with van der Waals surface area (Å²) >= 11 is 0. The van der Waals surface area contributed by atoms with Crippen LogP contribution in [0.5, 0.6) is 0 Å². The molecule has 2 N–H and O–H groups in total. The Bertz CT molecular complexity index is 724. The summed E-state index contributed by atoms with van der Waals surface area (Å²) in [5.41, 5.74) is 0.884. The highest BCUT2D eigenvalue weighted by atomic mass is 16.2. The standard InChI is InChI=1S/C16H21N5O2/c1-20(2)8-7-17-16(23)11-9-14(22)21(10-11)15-12-5-3-4-6-13(12)18-19-15/h3-6,11H,7-10H2,1-2H3,(H,17,23)(H,18,19)/t11-/m1/s1. The number of hydrogen-bond acceptors (Lipinski definition) is 4. The number of aromatic amines is 1. The SMILES string of the molecule is CN(C)CCNC(=O)[C@@H]1CC(=O)N(c2n[nH]c3ccccc23)C1. The first-order valence-electron chi connectivity index (χ1n) is 7.72. The maximum Gasteiger partial charge on any atom is 0.229 e. The molecule has 0 unspecified atom stereocenters. The normalized spacial score (nSPS) is 18.1. The average Bonchev–Trinajstić information content (AvgIpc) is 3.10. The number of benzene rings is 1. The molecule has 2 aromatic rings. The molecule has 0 spiro atoms. The molecule has 0 radical (unpaired) electrons. The first-order chi connectivity index (χ1) is 11.1. The molecule has 2 amide bonds. The highest BCUT2D eigenvalue weighted by Gasteiger charge is 2.36. The lowest BCUT2D eigenvalue weighted by atomic mass is 10.1. The minimum Gasteiger partial charge on any atom is -0.355 e. The third-order valence-corrected chi connectivity index (χ3v) is 4.06.